The summed E-state index contributed by atoms with van der Waals surface area (Å²) in [5.41, 5.74) is 1.96. The highest BCUT2D eigenvalue weighted by Gasteiger charge is 2.20. The first-order valence-corrected chi connectivity index (χ1v) is 5.82. The van der Waals surface area contributed by atoms with Gasteiger partial charge in [0.2, 0.25) is 0 Å². The van der Waals surface area contributed by atoms with Crippen molar-refractivity contribution in [3.8, 4) is 11.8 Å². The van der Waals surface area contributed by atoms with Gasteiger partial charge in [-0.1, -0.05) is 30.0 Å². The van der Waals surface area contributed by atoms with E-state index in [9.17, 15) is 0 Å². The Bertz CT molecular complexity index is 400. The van der Waals surface area contributed by atoms with Crippen molar-refractivity contribution < 1.29 is 9.47 Å². The molecule has 1 heterocycles. The van der Waals surface area contributed by atoms with Crippen molar-refractivity contribution >= 4 is 11.6 Å². The first-order valence-electron chi connectivity index (χ1n) is 5.29. The van der Waals surface area contributed by atoms with Gasteiger partial charge in [0, 0.05) is 23.4 Å². The molecule has 0 saturated carbocycles. The van der Waals surface area contributed by atoms with E-state index in [1.165, 1.54) is 0 Å². The summed E-state index contributed by atoms with van der Waals surface area (Å²) >= 11 is 5.58. The van der Waals surface area contributed by atoms with Crippen molar-refractivity contribution in [1.82, 2.24) is 0 Å². The molecule has 84 valence electrons. The highest BCUT2D eigenvalue weighted by molar-refractivity contribution is 6.18. The molecule has 1 saturated heterocycles. The van der Waals surface area contributed by atoms with Gasteiger partial charge in [0.15, 0.2) is 6.29 Å². The molecule has 1 aromatic carbocycles. The number of alkyl halides is 1. The normalized spacial score (nSPS) is 15.8. The molecule has 0 aliphatic carbocycles. The van der Waals surface area contributed by atoms with Crippen LogP contribution < -0.4 is 0 Å². The van der Waals surface area contributed by atoms with Crippen molar-refractivity contribution in [3.05, 3.63) is 35.4 Å². The van der Waals surface area contributed by atoms with Gasteiger partial charge >= 0.3 is 0 Å². The number of hydrogen-bond donors (Lipinski definition) is 0. The quantitative estimate of drug-likeness (QED) is 0.581. The molecule has 0 aromatic heterocycles. The van der Waals surface area contributed by atoms with Gasteiger partial charge in [-0.15, -0.1) is 11.6 Å². The van der Waals surface area contributed by atoms with E-state index < -0.39 is 0 Å². The largest absolute Gasteiger partial charge is 0.346 e. The Hall–Kier alpha value is -1.01. The van der Waals surface area contributed by atoms with Crippen LogP contribution in [0.25, 0.3) is 0 Å². The molecule has 0 spiro atoms. The predicted molar refractivity (Wildman–Crippen MR) is 63.3 cm³/mol. The number of halogens is 1. The molecule has 0 atom stereocenters. The summed E-state index contributed by atoms with van der Waals surface area (Å²) in [7, 11) is 0. The van der Waals surface area contributed by atoms with Crippen molar-refractivity contribution in [2.24, 2.45) is 0 Å². The maximum atomic E-state index is 5.58. The van der Waals surface area contributed by atoms with E-state index in [0.29, 0.717) is 25.5 Å². The molecule has 2 nitrogen and oxygen atoms in total. The van der Waals surface area contributed by atoms with Gasteiger partial charge in [-0.05, 0) is 6.07 Å². The van der Waals surface area contributed by atoms with Crippen LogP contribution in [-0.4, -0.2) is 19.1 Å². The van der Waals surface area contributed by atoms with Crippen LogP contribution in [-0.2, 0) is 9.47 Å². The van der Waals surface area contributed by atoms with Crippen LogP contribution in [0.2, 0.25) is 0 Å². The fourth-order valence-electron chi connectivity index (χ4n) is 1.56. The minimum atomic E-state index is -0.262. The standard InChI is InChI=1S/C13H13ClO2/c14-8-4-3-6-11-5-1-2-7-12(11)13-15-9-10-16-13/h1-2,5,7,13H,4,8-10H2. The Morgan fingerprint density at radius 2 is 2.00 bits per heavy atom. The SMILES string of the molecule is ClCCC#Cc1ccccc1C1OCCO1. The number of benzene rings is 1. The minimum absolute atomic E-state index is 0.262. The Kier molecular flexibility index (Phi) is 4.24. The first-order chi connectivity index (χ1) is 7.92. The molecule has 16 heavy (non-hydrogen) atoms. The number of ether oxygens (including phenoxy) is 2. The van der Waals surface area contributed by atoms with Gasteiger partial charge in [-0.3, -0.25) is 0 Å². The van der Waals surface area contributed by atoms with Crippen molar-refractivity contribution in [2.75, 3.05) is 19.1 Å². The van der Waals surface area contributed by atoms with Crippen molar-refractivity contribution in [3.63, 3.8) is 0 Å². The zero-order valence-electron chi connectivity index (χ0n) is 8.91. The molecule has 2 rings (SSSR count). The van der Waals surface area contributed by atoms with Crippen LogP contribution in [0.15, 0.2) is 24.3 Å². The van der Waals surface area contributed by atoms with E-state index in [1.807, 2.05) is 24.3 Å². The second-order valence-corrected chi connectivity index (χ2v) is 3.78. The van der Waals surface area contributed by atoms with Gasteiger partial charge < -0.3 is 9.47 Å². The lowest BCUT2D eigenvalue weighted by Gasteiger charge is -2.10. The monoisotopic (exact) mass is 236 g/mol. The summed E-state index contributed by atoms with van der Waals surface area (Å²) < 4.78 is 10.9. The zero-order valence-corrected chi connectivity index (χ0v) is 9.67. The maximum absolute atomic E-state index is 5.58. The van der Waals surface area contributed by atoms with Crippen LogP contribution >= 0.6 is 11.6 Å². The third-order valence-electron chi connectivity index (χ3n) is 2.28. The first kappa shape index (κ1) is 11.5. The summed E-state index contributed by atoms with van der Waals surface area (Å²) in [6, 6.07) is 7.89. The fourth-order valence-corrected chi connectivity index (χ4v) is 1.65. The highest BCUT2D eigenvalue weighted by Crippen LogP contribution is 2.25. The topological polar surface area (TPSA) is 18.5 Å². The van der Waals surface area contributed by atoms with E-state index in [4.69, 9.17) is 21.1 Å². The Morgan fingerprint density at radius 3 is 2.75 bits per heavy atom. The second-order valence-electron chi connectivity index (χ2n) is 3.40. The molecular weight excluding hydrogens is 224 g/mol. The number of rotatable bonds is 2. The van der Waals surface area contributed by atoms with Crippen molar-refractivity contribution in [2.45, 2.75) is 12.7 Å². The lowest BCUT2D eigenvalue weighted by molar-refractivity contribution is -0.0442. The summed E-state index contributed by atoms with van der Waals surface area (Å²) in [5, 5.41) is 0. The van der Waals surface area contributed by atoms with Crippen LogP contribution in [0, 0.1) is 11.8 Å². The lowest BCUT2D eigenvalue weighted by atomic mass is 10.1. The summed E-state index contributed by atoms with van der Waals surface area (Å²) in [6.07, 6.45) is 0.434. The molecule has 1 aliphatic rings. The average molecular weight is 237 g/mol. The second kappa shape index (κ2) is 5.91. The van der Waals surface area contributed by atoms with E-state index >= 15 is 0 Å². The van der Waals surface area contributed by atoms with Crippen LogP contribution in [0.3, 0.4) is 0 Å². The molecule has 0 bridgehead atoms. The highest BCUT2D eigenvalue weighted by atomic mass is 35.5. The van der Waals surface area contributed by atoms with E-state index in [0.717, 1.165) is 11.1 Å². The van der Waals surface area contributed by atoms with Crippen LogP contribution in [0.5, 0.6) is 0 Å². The predicted octanol–water partition coefficient (Wildman–Crippen LogP) is 2.71. The van der Waals surface area contributed by atoms with Crippen molar-refractivity contribution in [1.29, 1.82) is 0 Å². The third-order valence-corrected chi connectivity index (χ3v) is 2.47. The summed E-state index contributed by atoms with van der Waals surface area (Å²) in [5.74, 6) is 6.68. The molecule has 3 heteroatoms. The van der Waals surface area contributed by atoms with Crippen LogP contribution in [0.4, 0.5) is 0 Å². The van der Waals surface area contributed by atoms with E-state index in [-0.39, 0.29) is 6.29 Å². The van der Waals surface area contributed by atoms with Gasteiger partial charge in [-0.2, -0.15) is 0 Å². The minimum Gasteiger partial charge on any atom is -0.346 e. The van der Waals surface area contributed by atoms with Gasteiger partial charge in [0.1, 0.15) is 0 Å². The summed E-state index contributed by atoms with van der Waals surface area (Å²) in [4.78, 5) is 0. The lowest BCUT2D eigenvalue weighted by Crippen LogP contribution is -2.00. The Balaban J connectivity index is 2.20. The molecule has 0 unspecified atom stereocenters. The van der Waals surface area contributed by atoms with E-state index in [1.54, 1.807) is 0 Å². The molecule has 1 aromatic rings. The summed E-state index contributed by atoms with van der Waals surface area (Å²) in [6.45, 7) is 1.29. The maximum Gasteiger partial charge on any atom is 0.185 e. The van der Waals surface area contributed by atoms with Gasteiger partial charge in [0.25, 0.3) is 0 Å². The molecule has 0 radical (unpaired) electrons. The van der Waals surface area contributed by atoms with Crippen LogP contribution in [0.1, 0.15) is 23.8 Å². The third kappa shape index (κ3) is 2.76. The van der Waals surface area contributed by atoms with Gasteiger partial charge in [0.05, 0.1) is 13.2 Å². The molecule has 0 amide bonds. The fraction of sp³-hybridized carbons (Fsp3) is 0.385. The zero-order chi connectivity index (χ0) is 11.2. The Morgan fingerprint density at radius 1 is 1.25 bits per heavy atom. The molecular formula is C13H13ClO2. The molecule has 1 aliphatic heterocycles. The average Bonchev–Trinajstić information content (AvgIpc) is 2.83. The Labute approximate surface area is 101 Å². The molecule has 1 fully saturated rings. The van der Waals surface area contributed by atoms with E-state index in [2.05, 4.69) is 11.8 Å². The number of hydrogen-bond acceptors (Lipinski definition) is 2. The van der Waals surface area contributed by atoms with Gasteiger partial charge in [-0.25, -0.2) is 0 Å². The smallest absolute Gasteiger partial charge is 0.185 e. The molecule has 0 N–H and O–H groups in total.